The topological polar surface area (TPSA) is 67.2 Å². The van der Waals surface area contributed by atoms with Gasteiger partial charge in [-0.25, -0.2) is 4.18 Å². The molecule has 0 atom stereocenters. The number of nitrogens with zero attached hydrogens (tertiary/aromatic N) is 1. The Morgan fingerprint density at radius 2 is 1.50 bits per heavy atom. The van der Waals surface area contributed by atoms with E-state index < -0.39 is 15.7 Å². The van der Waals surface area contributed by atoms with Crippen LogP contribution in [0.3, 0.4) is 0 Å². The van der Waals surface area contributed by atoms with Gasteiger partial charge in [0.2, 0.25) is 0 Å². The smallest absolute Gasteiger partial charge is 0.248 e. The minimum Gasteiger partial charge on any atom is -0.248 e. The van der Waals surface area contributed by atoms with Crippen molar-refractivity contribution in [2.75, 3.05) is 6.26 Å². The van der Waals surface area contributed by atoms with E-state index in [4.69, 9.17) is 4.18 Å². The molecule has 0 aliphatic carbocycles. The maximum absolute atomic E-state index is 11.3. The fourth-order valence-electron chi connectivity index (χ4n) is 1.95. The highest BCUT2D eigenvalue weighted by atomic mass is 32.2. The molecule has 0 fully saturated rings. The van der Waals surface area contributed by atoms with Crippen LogP contribution in [0.4, 0.5) is 0 Å². The molecule has 106 valence electrons. The van der Waals surface area contributed by atoms with E-state index in [2.05, 4.69) is 19.9 Å². The Kier molecular flexibility index (Phi) is 8.21. The Morgan fingerprint density at radius 1 is 1.06 bits per heavy atom. The van der Waals surface area contributed by atoms with E-state index in [9.17, 15) is 13.7 Å². The quantitative estimate of drug-likeness (QED) is 0.453. The summed E-state index contributed by atoms with van der Waals surface area (Å²) < 4.78 is 27.7. The first kappa shape index (κ1) is 17.4. The molecule has 0 heterocycles. The molecular weight excluding hydrogens is 250 g/mol. The van der Waals surface area contributed by atoms with E-state index >= 15 is 0 Å². The predicted molar refractivity (Wildman–Crippen MR) is 72.6 cm³/mol. The Balaban J connectivity index is 4.67. The second-order valence-corrected chi connectivity index (χ2v) is 6.38. The van der Waals surface area contributed by atoms with Crippen LogP contribution in [0, 0.1) is 11.3 Å². The van der Waals surface area contributed by atoms with Crippen molar-refractivity contribution >= 4 is 10.1 Å². The summed E-state index contributed by atoms with van der Waals surface area (Å²) in [4.78, 5) is 0. The largest absolute Gasteiger partial charge is 0.265 e. The van der Waals surface area contributed by atoms with Gasteiger partial charge in [-0.1, -0.05) is 39.5 Å². The number of hydrogen-bond acceptors (Lipinski definition) is 4. The zero-order valence-corrected chi connectivity index (χ0v) is 12.6. The highest BCUT2D eigenvalue weighted by molar-refractivity contribution is 7.86. The summed E-state index contributed by atoms with van der Waals surface area (Å²) in [5.41, 5.74) is -1.15. The monoisotopic (exact) mass is 275 g/mol. The molecule has 0 bridgehead atoms. The average molecular weight is 275 g/mol. The van der Waals surface area contributed by atoms with Crippen LogP contribution in [0.25, 0.3) is 0 Å². The summed E-state index contributed by atoms with van der Waals surface area (Å²) in [7, 11) is -3.59. The number of nitriles is 1. The SMILES string of the molecule is CCCCCC(C#N)(CCCCC)OS(C)(=O)=O. The van der Waals surface area contributed by atoms with Gasteiger partial charge in [-0.15, -0.1) is 0 Å². The Morgan fingerprint density at radius 3 is 1.78 bits per heavy atom. The Labute approximate surface area is 111 Å². The Hall–Kier alpha value is -0.600. The van der Waals surface area contributed by atoms with Gasteiger partial charge in [0.1, 0.15) is 0 Å². The molecule has 0 aromatic carbocycles. The van der Waals surface area contributed by atoms with Crippen molar-refractivity contribution in [1.29, 1.82) is 5.26 Å². The molecule has 0 aromatic rings. The molecule has 0 amide bonds. The van der Waals surface area contributed by atoms with Gasteiger partial charge in [0, 0.05) is 0 Å². The summed E-state index contributed by atoms with van der Waals surface area (Å²) in [6.45, 7) is 4.14. The normalized spacial score (nSPS) is 12.3. The van der Waals surface area contributed by atoms with Crippen molar-refractivity contribution in [3.05, 3.63) is 0 Å². The van der Waals surface area contributed by atoms with Crippen molar-refractivity contribution in [1.82, 2.24) is 0 Å². The van der Waals surface area contributed by atoms with Crippen LogP contribution in [0.2, 0.25) is 0 Å². The zero-order valence-electron chi connectivity index (χ0n) is 11.7. The summed E-state index contributed by atoms with van der Waals surface area (Å²) in [5, 5.41) is 9.30. The maximum atomic E-state index is 11.3. The van der Waals surface area contributed by atoms with Crippen molar-refractivity contribution in [2.24, 2.45) is 0 Å². The maximum Gasteiger partial charge on any atom is 0.265 e. The first-order valence-electron chi connectivity index (χ1n) is 6.71. The van der Waals surface area contributed by atoms with Gasteiger partial charge in [-0.05, 0) is 25.7 Å². The standard InChI is InChI=1S/C13H25NO3S/c1-4-6-8-10-13(12-14,11-9-7-5-2)17-18(3,15)16/h4-11H2,1-3H3. The van der Waals surface area contributed by atoms with E-state index in [0.29, 0.717) is 12.8 Å². The highest BCUT2D eigenvalue weighted by Gasteiger charge is 2.34. The van der Waals surface area contributed by atoms with Gasteiger partial charge < -0.3 is 0 Å². The highest BCUT2D eigenvalue weighted by Crippen LogP contribution is 2.27. The van der Waals surface area contributed by atoms with Gasteiger partial charge in [-0.2, -0.15) is 13.7 Å². The molecule has 0 N–H and O–H groups in total. The van der Waals surface area contributed by atoms with Crippen LogP contribution in [-0.2, 0) is 14.3 Å². The summed E-state index contributed by atoms with van der Waals surface area (Å²) in [6.07, 6.45) is 7.71. The van der Waals surface area contributed by atoms with E-state index in [1.165, 1.54) is 0 Å². The lowest BCUT2D eigenvalue weighted by Crippen LogP contribution is -2.33. The first-order valence-corrected chi connectivity index (χ1v) is 8.52. The minimum atomic E-state index is -3.59. The summed E-state index contributed by atoms with van der Waals surface area (Å²) >= 11 is 0. The molecule has 0 radical (unpaired) electrons. The number of rotatable bonds is 10. The van der Waals surface area contributed by atoms with E-state index in [-0.39, 0.29) is 0 Å². The van der Waals surface area contributed by atoms with Crippen LogP contribution in [-0.4, -0.2) is 20.3 Å². The lowest BCUT2D eigenvalue weighted by atomic mass is 9.92. The first-order chi connectivity index (χ1) is 8.39. The van der Waals surface area contributed by atoms with Crippen LogP contribution in [0.5, 0.6) is 0 Å². The third-order valence-corrected chi connectivity index (χ3v) is 3.50. The van der Waals surface area contributed by atoms with Gasteiger partial charge >= 0.3 is 0 Å². The Bertz CT molecular complexity index is 347. The molecule has 0 aliphatic rings. The van der Waals surface area contributed by atoms with Crippen LogP contribution in [0.1, 0.15) is 65.2 Å². The van der Waals surface area contributed by atoms with E-state index in [0.717, 1.165) is 44.8 Å². The minimum absolute atomic E-state index is 0.494. The van der Waals surface area contributed by atoms with Gasteiger partial charge in [0.05, 0.1) is 12.3 Å². The molecular formula is C13H25NO3S. The second-order valence-electron chi connectivity index (χ2n) is 4.81. The third kappa shape index (κ3) is 7.67. The van der Waals surface area contributed by atoms with Crippen molar-refractivity contribution < 1.29 is 12.6 Å². The molecule has 0 unspecified atom stereocenters. The molecule has 0 saturated heterocycles. The molecule has 18 heavy (non-hydrogen) atoms. The number of unbranched alkanes of at least 4 members (excludes halogenated alkanes) is 4. The molecule has 0 aromatic heterocycles. The van der Waals surface area contributed by atoms with Crippen molar-refractivity contribution in [2.45, 2.75) is 70.8 Å². The van der Waals surface area contributed by atoms with Crippen LogP contribution in [0.15, 0.2) is 0 Å². The van der Waals surface area contributed by atoms with Gasteiger partial charge in [0.15, 0.2) is 5.60 Å². The molecule has 0 saturated carbocycles. The number of hydrogen-bond donors (Lipinski definition) is 0. The van der Waals surface area contributed by atoms with Crippen LogP contribution < -0.4 is 0 Å². The fourth-order valence-corrected chi connectivity index (χ4v) is 2.73. The fraction of sp³-hybridized carbons (Fsp3) is 0.923. The van der Waals surface area contributed by atoms with Crippen molar-refractivity contribution in [3.63, 3.8) is 0 Å². The molecule has 0 aliphatic heterocycles. The second kappa shape index (κ2) is 8.49. The van der Waals surface area contributed by atoms with E-state index in [1.807, 2.05) is 0 Å². The van der Waals surface area contributed by atoms with Crippen molar-refractivity contribution in [3.8, 4) is 6.07 Å². The molecule has 4 nitrogen and oxygen atoms in total. The summed E-state index contributed by atoms with van der Waals surface area (Å²) in [6, 6.07) is 2.09. The molecule has 5 heteroatoms. The molecule has 0 spiro atoms. The van der Waals surface area contributed by atoms with E-state index in [1.54, 1.807) is 0 Å². The van der Waals surface area contributed by atoms with Gasteiger partial charge in [-0.3, -0.25) is 0 Å². The van der Waals surface area contributed by atoms with Gasteiger partial charge in [0.25, 0.3) is 10.1 Å². The average Bonchev–Trinajstić information content (AvgIpc) is 2.27. The zero-order chi connectivity index (χ0) is 14.1. The van der Waals surface area contributed by atoms with Crippen LogP contribution >= 0.6 is 0 Å². The lowest BCUT2D eigenvalue weighted by molar-refractivity contribution is 0.111. The molecule has 0 rings (SSSR count). The summed E-state index contributed by atoms with van der Waals surface area (Å²) in [5.74, 6) is 0. The predicted octanol–water partition coefficient (Wildman–Crippen LogP) is 3.39. The third-order valence-electron chi connectivity index (χ3n) is 2.88. The lowest BCUT2D eigenvalue weighted by Gasteiger charge is -2.25.